The molecule has 1 aliphatic rings. The first-order chi connectivity index (χ1) is 11.0. The van der Waals surface area contributed by atoms with Gasteiger partial charge < -0.3 is 10.1 Å². The van der Waals surface area contributed by atoms with E-state index in [1.165, 1.54) is 4.90 Å². The second kappa shape index (κ2) is 7.26. The van der Waals surface area contributed by atoms with E-state index >= 15 is 0 Å². The van der Waals surface area contributed by atoms with Crippen molar-refractivity contribution in [3.63, 3.8) is 0 Å². The lowest BCUT2D eigenvalue weighted by atomic mass is 10.1. The number of hydrogen-bond donors (Lipinski definition) is 1. The summed E-state index contributed by atoms with van der Waals surface area (Å²) < 4.78 is 5.67. The molecule has 1 heterocycles. The van der Waals surface area contributed by atoms with E-state index in [1.54, 1.807) is 18.2 Å². The molecule has 2 atom stereocenters. The molecule has 23 heavy (non-hydrogen) atoms. The van der Waals surface area contributed by atoms with Gasteiger partial charge in [0.2, 0.25) is 5.91 Å². The van der Waals surface area contributed by atoms with Gasteiger partial charge in [-0.3, -0.25) is 19.3 Å². The molecule has 1 N–H and O–H groups in total. The summed E-state index contributed by atoms with van der Waals surface area (Å²) in [5.74, 6) is 0.0210. The monoisotopic (exact) mass is 318 g/mol. The zero-order valence-electron chi connectivity index (χ0n) is 13.7. The summed E-state index contributed by atoms with van der Waals surface area (Å²) in [6.07, 6.45) is 1.42. The van der Waals surface area contributed by atoms with Gasteiger partial charge in [-0.05, 0) is 38.0 Å². The number of benzene rings is 1. The maximum absolute atomic E-state index is 12.5. The van der Waals surface area contributed by atoms with Crippen molar-refractivity contribution in [1.82, 2.24) is 5.32 Å². The Hall–Kier alpha value is -2.37. The molecule has 0 radical (unpaired) electrons. The Morgan fingerprint density at radius 3 is 2.78 bits per heavy atom. The molecular weight excluding hydrogens is 296 g/mol. The van der Waals surface area contributed by atoms with Crippen LogP contribution >= 0.6 is 0 Å². The van der Waals surface area contributed by atoms with Gasteiger partial charge in [-0.15, -0.1) is 0 Å². The van der Waals surface area contributed by atoms with E-state index in [0.717, 1.165) is 6.42 Å². The molecule has 0 saturated carbocycles. The summed E-state index contributed by atoms with van der Waals surface area (Å²) >= 11 is 0. The quantitative estimate of drug-likeness (QED) is 0.813. The smallest absolute Gasteiger partial charge is 0.268 e. The third-order valence-corrected chi connectivity index (χ3v) is 3.91. The van der Waals surface area contributed by atoms with Gasteiger partial charge in [0, 0.05) is 11.6 Å². The lowest BCUT2D eigenvalue weighted by Crippen LogP contribution is -2.50. The van der Waals surface area contributed by atoms with Crippen molar-refractivity contribution < 1.29 is 19.1 Å². The van der Waals surface area contributed by atoms with E-state index < -0.39 is 6.10 Å². The Labute approximate surface area is 135 Å². The average Bonchev–Trinajstić information content (AvgIpc) is 2.56. The minimum atomic E-state index is -0.610. The SMILES string of the molecule is CCC(C)NC(=O)CN1C(=O)C(CC)Oc2ccc(C=O)cc21. The molecule has 1 aromatic carbocycles. The van der Waals surface area contributed by atoms with Crippen LogP contribution in [0.25, 0.3) is 0 Å². The zero-order chi connectivity index (χ0) is 17.0. The van der Waals surface area contributed by atoms with Crippen LogP contribution in [-0.2, 0) is 9.59 Å². The van der Waals surface area contributed by atoms with Crippen molar-refractivity contribution in [2.24, 2.45) is 0 Å². The number of hydrogen-bond acceptors (Lipinski definition) is 4. The molecule has 0 bridgehead atoms. The Morgan fingerprint density at radius 2 is 2.17 bits per heavy atom. The van der Waals surface area contributed by atoms with Crippen LogP contribution in [0.5, 0.6) is 5.75 Å². The number of nitrogens with one attached hydrogen (secondary N) is 1. The van der Waals surface area contributed by atoms with Gasteiger partial charge >= 0.3 is 0 Å². The predicted octanol–water partition coefficient (Wildman–Crippen LogP) is 1.92. The van der Waals surface area contributed by atoms with Crippen molar-refractivity contribution in [1.29, 1.82) is 0 Å². The Morgan fingerprint density at radius 1 is 1.43 bits per heavy atom. The average molecular weight is 318 g/mol. The highest BCUT2D eigenvalue weighted by Gasteiger charge is 2.34. The van der Waals surface area contributed by atoms with E-state index in [4.69, 9.17) is 4.74 Å². The zero-order valence-corrected chi connectivity index (χ0v) is 13.7. The van der Waals surface area contributed by atoms with Crippen molar-refractivity contribution >= 4 is 23.8 Å². The summed E-state index contributed by atoms with van der Waals surface area (Å²) in [5, 5.41) is 2.85. The predicted molar refractivity (Wildman–Crippen MR) is 86.8 cm³/mol. The topological polar surface area (TPSA) is 75.7 Å². The van der Waals surface area contributed by atoms with Crippen molar-refractivity contribution in [2.75, 3.05) is 11.4 Å². The van der Waals surface area contributed by atoms with Gasteiger partial charge in [0.15, 0.2) is 6.10 Å². The minimum absolute atomic E-state index is 0.0430. The number of anilines is 1. The van der Waals surface area contributed by atoms with Gasteiger partial charge in [-0.1, -0.05) is 13.8 Å². The summed E-state index contributed by atoms with van der Waals surface area (Å²) in [7, 11) is 0. The van der Waals surface area contributed by atoms with Crippen molar-refractivity contribution in [3.8, 4) is 5.75 Å². The van der Waals surface area contributed by atoms with Crippen LogP contribution in [0.1, 0.15) is 44.0 Å². The van der Waals surface area contributed by atoms with Crippen LogP contribution in [0, 0.1) is 0 Å². The van der Waals surface area contributed by atoms with Crippen LogP contribution in [0.3, 0.4) is 0 Å². The van der Waals surface area contributed by atoms with Crippen LogP contribution in [-0.4, -0.2) is 36.8 Å². The van der Waals surface area contributed by atoms with E-state index in [1.807, 2.05) is 20.8 Å². The van der Waals surface area contributed by atoms with E-state index in [9.17, 15) is 14.4 Å². The van der Waals surface area contributed by atoms with Crippen LogP contribution in [0.15, 0.2) is 18.2 Å². The fraction of sp³-hybridized carbons (Fsp3) is 0.471. The lowest BCUT2D eigenvalue weighted by molar-refractivity contribution is -0.129. The highest BCUT2D eigenvalue weighted by molar-refractivity contribution is 6.04. The number of aldehydes is 1. The van der Waals surface area contributed by atoms with Crippen molar-refractivity contribution in [3.05, 3.63) is 23.8 Å². The first-order valence-corrected chi connectivity index (χ1v) is 7.86. The number of fused-ring (bicyclic) bond motifs is 1. The Bertz CT molecular complexity index is 615. The molecule has 2 amide bonds. The Balaban J connectivity index is 2.30. The highest BCUT2D eigenvalue weighted by atomic mass is 16.5. The largest absolute Gasteiger partial charge is 0.478 e. The number of ether oxygens (including phenoxy) is 1. The van der Waals surface area contributed by atoms with Crippen LogP contribution in [0.4, 0.5) is 5.69 Å². The third kappa shape index (κ3) is 3.70. The number of carbonyl (C=O) groups excluding carboxylic acids is 3. The van der Waals surface area contributed by atoms with E-state index in [0.29, 0.717) is 29.7 Å². The van der Waals surface area contributed by atoms with Crippen molar-refractivity contribution in [2.45, 2.75) is 45.8 Å². The molecule has 2 rings (SSSR count). The molecule has 1 aromatic rings. The second-order valence-electron chi connectivity index (χ2n) is 5.66. The number of nitrogens with zero attached hydrogens (tertiary/aromatic N) is 1. The second-order valence-corrected chi connectivity index (χ2v) is 5.66. The van der Waals surface area contributed by atoms with Gasteiger partial charge in [-0.2, -0.15) is 0 Å². The molecule has 0 saturated heterocycles. The van der Waals surface area contributed by atoms with Gasteiger partial charge in [0.25, 0.3) is 5.91 Å². The highest BCUT2D eigenvalue weighted by Crippen LogP contribution is 2.35. The number of rotatable bonds is 6. The normalized spacial score (nSPS) is 18.0. The molecule has 0 fully saturated rings. The molecule has 6 heteroatoms. The first-order valence-electron chi connectivity index (χ1n) is 7.86. The Kier molecular flexibility index (Phi) is 5.36. The van der Waals surface area contributed by atoms with Crippen LogP contribution in [0.2, 0.25) is 0 Å². The molecular formula is C17H22N2O4. The summed E-state index contributed by atoms with van der Waals surface area (Å²) in [6, 6.07) is 4.91. The third-order valence-electron chi connectivity index (χ3n) is 3.91. The van der Waals surface area contributed by atoms with E-state index in [2.05, 4.69) is 5.32 Å². The fourth-order valence-corrected chi connectivity index (χ4v) is 2.40. The molecule has 0 aromatic heterocycles. The molecule has 6 nitrogen and oxygen atoms in total. The summed E-state index contributed by atoms with van der Waals surface area (Å²) in [6.45, 7) is 5.65. The van der Waals surface area contributed by atoms with Gasteiger partial charge in [0.05, 0.1) is 5.69 Å². The van der Waals surface area contributed by atoms with Gasteiger partial charge in [-0.25, -0.2) is 0 Å². The summed E-state index contributed by atoms with van der Waals surface area (Å²) in [4.78, 5) is 37.1. The lowest BCUT2D eigenvalue weighted by Gasteiger charge is -2.34. The fourth-order valence-electron chi connectivity index (χ4n) is 2.40. The van der Waals surface area contributed by atoms with E-state index in [-0.39, 0.29) is 24.4 Å². The first kappa shape index (κ1) is 17.0. The number of amides is 2. The molecule has 0 aliphatic carbocycles. The number of carbonyl (C=O) groups is 3. The van der Waals surface area contributed by atoms with Gasteiger partial charge in [0.1, 0.15) is 18.6 Å². The standard InChI is InChI=1S/C17H22N2O4/c1-4-11(3)18-16(21)9-19-13-8-12(10-20)6-7-15(13)23-14(5-2)17(19)22/h6-8,10-11,14H,4-5,9H2,1-3H3,(H,18,21). The minimum Gasteiger partial charge on any atom is -0.478 e. The maximum Gasteiger partial charge on any atom is 0.268 e. The summed E-state index contributed by atoms with van der Waals surface area (Å²) in [5.41, 5.74) is 0.894. The van der Waals surface area contributed by atoms with Crippen LogP contribution < -0.4 is 15.0 Å². The molecule has 2 unspecified atom stereocenters. The molecule has 1 aliphatic heterocycles. The molecule has 124 valence electrons. The maximum atomic E-state index is 12.5. The molecule has 0 spiro atoms.